The molecule has 0 aliphatic carbocycles. The second kappa shape index (κ2) is 13.3. The molecule has 1 aliphatic heterocycles. The van der Waals surface area contributed by atoms with Gasteiger partial charge in [-0.25, -0.2) is 9.79 Å². The third kappa shape index (κ3) is 6.38. The smallest absolute Gasteiger partial charge is 0.338 e. The third-order valence-electron chi connectivity index (χ3n) is 6.77. The molecule has 9 nitrogen and oxygen atoms in total. The zero-order chi connectivity index (χ0) is 30.6. The van der Waals surface area contributed by atoms with Gasteiger partial charge in [-0.3, -0.25) is 9.36 Å². The maximum atomic E-state index is 14.0. The van der Waals surface area contributed by atoms with Crippen molar-refractivity contribution in [3.63, 3.8) is 0 Å². The molecule has 2 heterocycles. The van der Waals surface area contributed by atoms with E-state index in [-0.39, 0.29) is 24.4 Å². The zero-order valence-corrected chi connectivity index (χ0v) is 26.2. The summed E-state index contributed by atoms with van der Waals surface area (Å²) < 4.78 is 30.5. The largest absolute Gasteiger partial charge is 0.493 e. The summed E-state index contributed by atoms with van der Waals surface area (Å²) in [6.07, 6.45) is 2.63. The van der Waals surface area contributed by atoms with Crippen LogP contribution in [0.25, 0.3) is 6.08 Å². The molecule has 0 fully saturated rings. The second-order valence-corrected chi connectivity index (χ2v) is 11.1. The maximum Gasteiger partial charge on any atom is 0.338 e. The van der Waals surface area contributed by atoms with Crippen molar-refractivity contribution < 1.29 is 28.5 Å². The van der Waals surface area contributed by atoms with E-state index in [1.54, 1.807) is 50.8 Å². The van der Waals surface area contributed by atoms with Crippen LogP contribution in [0.2, 0.25) is 0 Å². The van der Waals surface area contributed by atoms with E-state index in [9.17, 15) is 9.59 Å². The summed E-state index contributed by atoms with van der Waals surface area (Å²) >= 11 is 1.25. The number of carbonyl (C=O) groups excluding carboxylic acids is 1. The maximum absolute atomic E-state index is 14.0. The van der Waals surface area contributed by atoms with Crippen LogP contribution in [-0.2, 0) is 9.53 Å². The lowest BCUT2D eigenvalue weighted by molar-refractivity contribution is -0.139. The summed E-state index contributed by atoms with van der Waals surface area (Å²) in [5, 5.41) is 0. The van der Waals surface area contributed by atoms with Crippen LogP contribution in [0, 0.1) is 0 Å². The summed E-state index contributed by atoms with van der Waals surface area (Å²) in [4.78, 5) is 32.4. The molecule has 224 valence electrons. The number of esters is 1. The molecule has 0 unspecified atom stereocenters. The van der Waals surface area contributed by atoms with Crippen molar-refractivity contribution in [1.82, 2.24) is 4.57 Å². The second-order valence-electron chi connectivity index (χ2n) is 10.1. The molecule has 0 amide bonds. The van der Waals surface area contributed by atoms with Crippen LogP contribution in [0.5, 0.6) is 23.0 Å². The van der Waals surface area contributed by atoms with Crippen LogP contribution >= 0.6 is 11.3 Å². The molecule has 10 heteroatoms. The first kappa shape index (κ1) is 30.9. The number of methoxy groups -OCH3 is 2. The number of allylic oxidation sites excluding steroid dienone is 1. The molecule has 4 rings (SSSR count). The number of rotatable bonds is 11. The molecule has 0 radical (unpaired) electrons. The number of hydrogen-bond donors (Lipinski definition) is 0. The number of thiazole rings is 1. The Morgan fingerprint density at radius 3 is 2.31 bits per heavy atom. The Bertz CT molecular complexity index is 1670. The number of ether oxygens (including phenoxy) is 5. The lowest BCUT2D eigenvalue weighted by Crippen LogP contribution is -2.40. The molecule has 0 saturated heterocycles. The summed E-state index contributed by atoms with van der Waals surface area (Å²) in [7, 11) is 3.14. The van der Waals surface area contributed by atoms with Gasteiger partial charge in [0.25, 0.3) is 5.56 Å². The summed E-state index contributed by atoms with van der Waals surface area (Å²) in [5.74, 6) is 1.75. The van der Waals surface area contributed by atoms with Gasteiger partial charge in [0.1, 0.15) is 0 Å². The summed E-state index contributed by atoms with van der Waals surface area (Å²) in [5.41, 5.74) is 1.94. The van der Waals surface area contributed by atoms with Crippen molar-refractivity contribution in [1.29, 1.82) is 0 Å². The molecule has 3 aromatic rings. The Kier molecular flexibility index (Phi) is 9.78. The van der Waals surface area contributed by atoms with E-state index in [2.05, 4.69) is 11.9 Å². The Balaban J connectivity index is 1.88. The van der Waals surface area contributed by atoms with Crippen LogP contribution in [0.3, 0.4) is 0 Å². The molecule has 2 aromatic carbocycles. The number of hydrogen-bond acceptors (Lipinski definition) is 9. The standard InChI is InChI=1S/C32H38N2O7S/c1-9-19(5)41-24-13-11-21(15-25(24)37-7)16-27-30(35)34-29(22-12-14-23(40-18(3)4)26(17-22)38-8)28(31(36)39-10-2)20(6)33-32(34)42-27/h11-19,29H,9-10H2,1-8H3/b27-16-/t19-,29+/m1/s1. The number of fused-ring (bicyclic) bond motifs is 1. The molecule has 1 aromatic heterocycles. The van der Waals surface area contributed by atoms with Gasteiger partial charge >= 0.3 is 5.97 Å². The van der Waals surface area contributed by atoms with E-state index < -0.39 is 12.0 Å². The molecule has 0 bridgehead atoms. The first-order valence-electron chi connectivity index (χ1n) is 14.0. The fourth-order valence-corrected chi connectivity index (χ4v) is 5.68. The van der Waals surface area contributed by atoms with E-state index >= 15 is 0 Å². The highest BCUT2D eigenvalue weighted by atomic mass is 32.1. The highest BCUT2D eigenvalue weighted by Crippen LogP contribution is 2.36. The minimum absolute atomic E-state index is 0.0369. The molecule has 2 atom stereocenters. The van der Waals surface area contributed by atoms with Gasteiger partial charge in [-0.15, -0.1) is 0 Å². The third-order valence-corrected chi connectivity index (χ3v) is 7.75. The molecule has 0 spiro atoms. The normalized spacial score (nSPS) is 15.6. The first-order valence-corrected chi connectivity index (χ1v) is 14.8. The van der Waals surface area contributed by atoms with Crippen molar-refractivity contribution >= 4 is 23.4 Å². The fourth-order valence-electron chi connectivity index (χ4n) is 4.64. The minimum Gasteiger partial charge on any atom is -0.493 e. The average Bonchev–Trinajstić information content (AvgIpc) is 3.26. The number of aromatic nitrogens is 1. The van der Waals surface area contributed by atoms with Crippen molar-refractivity contribution in [3.8, 4) is 23.0 Å². The van der Waals surface area contributed by atoms with Gasteiger partial charge < -0.3 is 23.7 Å². The van der Waals surface area contributed by atoms with Crippen LogP contribution in [0.4, 0.5) is 0 Å². The SMILES string of the molecule is CCOC(=O)C1=C(C)N=c2s/c(=C\c3ccc(O[C@H](C)CC)c(OC)c3)c(=O)n2[C@H]1c1ccc(OC(C)C)c(OC)c1. The quantitative estimate of drug-likeness (QED) is 0.295. The Hall–Kier alpha value is -4.05. The van der Waals surface area contributed by atoms with E-state index in [0.29, 0.717) is 49.2 Å². The van der Waals surface area contributed by atoms with Crippen molar-refractivity contribution in [2.24, 2.45) is 4.99 Å². The lowest BCUT2D eigenvalue weighted by atomic mass is 9.95. The molecular weight excluding hydrogens is 556 g/mol. The Morgan fingerprint density at radius 2 is 1.67 bits per heavy atom. The van der Waals surface area contributed by atoms with Crippen molar-refractivity contribution in [2.75, 3.05) is 20.8 Å². The van der Waals surface area contributed by atoms with Gasteiger partial charge in [0.15, 0.2) is 27.8 Å². The van der Waals surface area contributed by atoms with Crippen LogP contribution in [0.1, 0.15) is 65.1 Å². The topological polar surface area (TPSA) is 97.6 Å². The van der Waals surface area contributed by atoms with Gasteiger partial charge in [-0.05, 0) is 82.5 Å². The minimum atomic E-state index is -0.773. The molecule has 42 heavy (non-hydrogen) atoms. The van der Waals surface area contributed by atoms with Crippen molar-refractivity contribution in [3.05, 3.63) is 78.5 Å². The first-order chi connectivity index (χ1) is 20.1. The van der Waals surface area contributed by atoms with E-state index in [1.807, 2.05) is 45.0 Å². The van der Waals surface area contributed by atoms with E-state index in [1.165, 1.54) is 11.3 Å². The van der Waals surface area contributed by atoms with Crippen LogP contribution in [-0.4, -0.2) is 43.6 Å². The predicted octanol–water partition coefficient (Wildman–Crippen LogP) is 4.78. The molecule has 0 saturated carbocycles. The molecule has 0 N–H and O–H groups in total. The van der Waals surface area contributed by atoms with Gasteiger partial charge in [-0.2, -0.15) is 0 Å². The van der Waals surface area contributed by atoms with Crippen LogP contribution in [0.15, 0.2) is 57.5 Å². The number of benzene rings is 2. The highest BCUT2D eigenvalue weighted by Gasteiger charge is 2.34. The Morgan fingerprint density at radius 1 is 1.00 bits per heavy atom. The molecule has 1 aliphatic rings. The molecular formula is C32H38N2O7S. The summed E-state index contributed by atoms with van der Waals surface area (Å²) in [6.45, 7) is 11.6. The predicted molar refractivity (Wildman–Crippen MR) is 163 cm³/mol. The Labute approximate surface area is 249 Å². The summed E-state index contributed by atoms with van der Waals surface area (Å²) in [6, 6.07) is 10.2. The van der Waals surface area contributed by atoms with E-state index in [4.69, 9.17) is 23.7 Å². The van der Waals surface area contributed by atoms with E-state index in [0.717, 1.165) is 12.0 Å². The van der Waals surface area contributed by atoms with Crippen LogP contribution < -0.4 is 33.8 Å². The zero-order valence-electron chi connectivity index (χ0n) is 25.3. The van der Waals surface area contributed by atoms with Gasteiger partial charge in [0.2, 0.25) is 0 Å². The fraction of sp³-hybridized carbons (Fsp3) is 0.406. The van der Waals surface area contributed by atoms with Gasteiger partial charge in [0.05, 0.1) is 54.9 Å². The van der Waals surface area contributed by atoms with Crippen molar-refractivity contribution in [2.45, 2.75) is 66.2 Å². The average molecular weight is 595 g/mol. The monoisotopic (exact) mass is 594 g/mol. The number of nitrogens with zero attached hydrogens (tertiary/aromatic N) is 2. The van der Waals surface area contributed by atoms with Gasteiger partial charge in [0, 0.05) is 0 Å². The number of carbonyl (C=O) groups is 1. The lowest BCUT2D eigenvalue weighted by Gasteiger charge is -2.25. The highest BCUT2D eigenvalue weighted by molar-refractivity contribution is 7.07. The van der Waals surface area contributed by atoms with Gasteiger partial charge in [-0.1, -0.05) is 30.4 Å².